The van der Waals surface area contributed by atoms with Gasteiger partial charge in [0, 0.05) is 40.2 Å². The normalized spacial score (nSPS) is 17.2. The van der Waals surface area contributed by atoms with Gasteiger partial charge >= 0.3 is 5.66 Å². The van der Waals surface area contributed by atoms with E-state index < -0.39 is 5.66 Å². The molecule has 6 heterocycles. The van der Waals surface area contributed by atoms with E-state index in [-0.39, 0.29) is 0 Å². The predicted molar refractivity (Wildman–Crippen MR) is 130 cm³/mol. The van der Waals surface area contributed by atoms with Gasteiger partial charge in [-0.25, -0.2) is 4.98 Å². The smallest absolute Gasteiger partial charge is 0.417 e. The molecule has 1 atom stereocenters. The van der Waals surface area contributed by atoms with Crippen molar-refractivity contribution in [3.05, 3.63) is 114 Å². The van der Waals surface area contributed by atoms with Crippen LogP contribution in [0.5, 0.6) is 0 Å². The number of nitrogens with zero attached hydrogens (tertiary/aromatic N) is 3. The molecular weight excluding hydrogens is 418 g/mol. The van der Waals surface area contributed by atoms with Crippen LogP contribution in [0, 0.1) is 13.8 Å². The van der Waals surface area contributed by atoms with Gasteiger partial charge in [0.15, 0.2) is 18.0 Å². The van der Waals surface area contributed by atoms with Crippen LogP contribution in [0.25, 0.3) is 44.6 Å². The fourth-order valence-corrected chi connectivity index (χ4v) is 6.17. The van der Waals surface area contributed by atoms with Gasteiger partial charge in [-0.15, -0.1) is 9.13 Å². The summed E-state index contributed by atoms with van der Waals surface area (Å²) < 4.78 is 11.4. The van der Waals surface area contributed by atoms with Crippen LogP contribution in [-0.4, -0.2) is 4.98 Å². The SMILES string of the molecule is Cc1ccc2[n+](c1)C1(c3ccccc3-2)c2ccc3c(oc4nc(C)ccc43)c2-c2cccc[n+]21. The van der Waals surface area contributed by atoms with Crippen molar-refractivity contribution in [3.63, 3.8) is 0 Å². The van der Waals surface area contributed by atoms with Gasteiger partial charge < -0.3 is 4.42 Å². The van der Waals surface area contributed by atoms with E-state index in [2.05, 4.69) is 112 Å². The minimum atomic E-state index is -0.514. The molecule has 2 aliphatic heterocycles. The zero-order valence-corrected chi connectivity index (χ0v) is 18.9. The molecule has 0 amide bonds. The first-order valence-electron chi connectivity index (χ1n) is 11.7. The molecule has 0 fully saturated rings. The van der Waals surface area contributed by atoms with Crippen LogP contribution < -0.4 is 9.13 Å². The number of furan rings is 1. The molecule has 2 aliphatic rings. The van der Waals surface area contributed by atoms with Gasteiger partial charge in [-0.1, -0.05) is 12.1 Å². The molecule has 0 bridgehead atoms. The van der Waals surface area contributed by atoms with Crippen molar-refractivity contribution in [2.75, 3.05) is 0 Å². The number of rotatable bonds is 0. The number of pyridine rings is 3. The third-order valence-corrected chi connectivity index (χ3v) is 7.51. The maximum absolute atomic E-state index is 6.50. The minimum Gasteiger partial charge on any atom is -0.437 e. The predicted octanol–water partition coefficient (Wildman–Crippen LogP) is 5.43. The van der Waals surface area contributed by atoms with Crippen LogP contribution in [0.2, 0.25) is 0 Å². The number of benzene rings is 2. The van der Waals surface area contributed by atoms with Gasteiger partial charge in [0.25, 0.3) is 0 Å². The second-order valence-corrected chi connectivity index (χ2v) is 9.41. The molecule has 4 nitrogen and oxygen atoms in total. The zero-order chi connectivity index (χ0) is 22.6. The molecule has 0 N–H and O–H groups in total. The van der Waals surface area contributed by atoms with Gasteiger partial charge in [-0.3, -0.25) is 0 Å². The third kappa shape index (κ3) is 1.95. The highest BCUT2D eigenvalue weighted by molar-refractivity contribution is 6.09. The van der Waals surface area contributed by atoms with Gasteiger partial charge in [0.05, 0.1) is 5.56 Å². The van der Waals surface area contributed by atoms with Crippen molar-refractivity contribution in [2.24, 2.45) is 0 Å². The molecule has 160 valence electrons. The highest BCUT2D eigenvalue weighted by Gasteiger charge is 2.67. The molecule has 0 saturated heterocycles. The van der Waals surface area contributed by atoms with Crippen molar-refractivity contribution in [1.82, 2.24) is 4.98 Å². The molecule has 0 aliphatic carbocycles. The Morgan fingerprint density at radius 1 is 0.735 bits per heavy atom. The Morgan fingerprint density at radius 2 is 1.59 bits per heavy atom. The van der Waals surface area contributed by atoms with E-state index in [1.807, 2.05) is 6.92 Å². The van der Waals surface area contributed by atoms with Gasteiger partial charge in [0.1, 0.15) is 16.7 Å². The molecule has 6 aromatic rings. The summed E-state index contributed by atoms with van der Waals surface area (Å²) in [6.07, 6.45) is 4.48. The van der Waals surface area contributed by atoms with E-state index in [4.69, 9.17) is 4.42 Å². The van der Waals surface area contributed by atoms with Crippen LogP contribution in [-0.2, 0) is 5.66 Å². The first-order valence-corrected chi connectivity index (χ1v) is 11.7. The lowest BCUT2D eigenvalue weighted by Gasteiger charge is -2.17. The lowest BCUT2D eigenvalue weighted by atomic mass is 9.89. The van der Waals surface area contributed by atoms with Crippen molar-refractivity contribution < 1.29 is 13.6 Å². The summed E-state index contributed by atoms with van der Waals surface area (Å²) in [5, 5.41) is 2.16. The highest BCUT2D eigenvalue weighted by Crippen LogP contribution is 2.49. The average molecular weight is 440 g/mol. The third-order valence-electron chi connectivity index (χ3n) is 7.51. The second-order valence-electron chi connectivity index (χ2n) is 9.41. The molecule has 34 heavy (non-hydrogen) atoms. The molecule has 1 unspecified atom stereocenters. The van der Waals surface area contributed by atoms with E-state index >= 15 is 0 Å². The summed E-state index contributed by atoms with van der Waals surface area (Å²) in [5.74, 6) is 0. The summed E-state index contributed by atoms with van der Waals surface area (Å²) in [6, 6.07) is 28.3. The van der Waals surface area contributed by atoms with E-state index in [0.29, 0.717) is 5.71 Å². The Labute approximate surface area is 196 Å². The Balaban J connectivity index is 1.61. The molecule has 0 radical (unpaired) electrons. The summed E-state index contributed by atoms with van der Waals surface area (Å²) >= 11 is 0. The van der Waals surface area contributed by atoms with Crippen LogP contribution in [0.3, 0.4) is 0 Å². The van der Waals surface area contributed by atoms with E-state index in [0.717, 1.165) is 33.3 Å². The number of aromatic nitrogens is 3. The number of aryl methyl sites for hydroxylation is 2. The van der Waals surface area contributed by atoms with Gasteiger partial charge in [-0.05, 0) is 62.4 Å². The maximum Gasteiger partial charge on any atom is 0.417 e. The lowest BCUT2D eigenvalue weighted by molar-refractivity contribution is -0.955. The number of hydrogen-bond donors (Lipinski definition) is 0. The maximum atomic E-state index is 6.50. The monoisotopic (exact) mass is 439 g/mol. The molecule has 2 aromatic carbocycles. The van der Waals surface area contributed by atoms with Crippen LogP contribution in [0.1, 0.15) is 22.4 Å². The average Bonchev–Trinajstić information content (AvgIpc) is 3.46. The van der Waals surface area contributed by atoms with E-state index in [1.54, 1.807) is 0 Å². The second kappa shape index (κ2) is 5.97. The lowest BCUT2D eigenvalue weighted by Crippen LogP contribution is -2.71. The largest absolute Gasteiger partial charge is 0.437 e. The topological polar surface area (TPSA) is 33.8 Å². The van der Waals surface area contributed by atoms with Crippen molar-refractivity contribution >= 4 is 22.1 Å². The van der Waals surface area contributed by atoms with Crippen molar-refractivity contribution in [2.45, 2.75) is 19.5 Å². The van der Waals surface area contributed by atoms with Gasteiger partial charge in [0.2, 0.25) is 17.1 Å². The quantitative estimate of drug-likeness (QED) is 0.295. The molecule has 4 aromatic heterocycles. The fourth-order valence-electron chi connectivity index (χ4n) is 6.17. The molecular formula is C30H21N3O+2. The summed E-state index contributed by atoms with van der Waals surface area (Å²) in [5.41, 5.74) is 10.6. The van der Waals surface area contributed by atoms with Gasteiger partial charge in [-0.2, -0.15) is 0 Å². The Kier molecular flexibility index (Phi) is 3.19. The highest BCUT2D eigenvalue weighted by atomic mass is 16.3. The summed E-state index contributed by atoms with van der Waals surface area (Å²) in [4.78, 5) is 4.69. The first-order chi connectivity index (χ1) is 16.7. The number of fused-ring (bicyclic) bond motifs is 14. The van der Waals surface area contributed by atoms with Crippen LogP contribution in [0.4, 0.5) is 0 Å². The Morgan fingerprint density at radius 3 is 2.53 bits per heavy atom. The number of hydrogen-bond acceptors (Lipinski definition) is 2. The zero-order valence-electron chi connectivity index (χ0n) is 18.9. The molecule has 0 saturated carbocycles. The molecule has 8 rings (SSSR count). The van der Waals surface area contributed by atoms with E-state index in [9.17, 15) is 0 Å². The van der Waals surface area contributed by atoms with E-state index in [1.165, 1.54) is 27.9 Å². The summed E-state index contributed by atoms with van der Waals surface area (Å²) in [7, 11) is 0. The van der Waals surface area contributed by atoms with Crippen LogP contribution >= 0.6 is 0 Å². The molecule has 4 heteroatoms. The Hall–Kier alpha value is -4.31. The first kappa shape index (κ1) is 18.2. The standard InChI is InChI=1S/C30H21N3O/c1-18-10-15-25-22-7-3-4-8-23(22)30(33(25)17-18)24-14-13-20-21-12-11-19(2)31-29(21)34-28(20)27(24)26-9-5-6-16-32(26)30/h3-17H,1-2H3/q+2. The summed E-state index contributed by atoms with van der Waals surface area (Å²) in [6.45, 7) is 4.16. The van der Waals surface area contributed by atoms with Crippen molar-refractivity contribution in [3.8, 4) is 22.5 Å². The minimum absolute atomic E-state index is 0.514. The Bertz CT molecular complexity index is 1850. The fraction of sp³-hybridized carbons (Fsp3) is 0.100. The van der Waals surface area contributed by atoms with Crippen LogP contribution in [0.15, 0.2) is 95.7 Å². The van der Waals surface area contributed by atoms with Crippen molar-refractivity contribution in [1.29, 1.82) is 0 Å². The molecule has 1 spiro atoms.